The summed E-state index contributed by atoms with van der Waals surface area (Å²) in [7, 11) is 0. The first-order chi connectivity index (χ1) is 8.59. The lowest BCUT2D eigenvalue weighted by atomic mass is 10.2. The number of aliphatic carboxylic acids is 1. The van der Waals surface area contributed by atoms with Crippen molar-refractivity contribution < 1.29 is 14.7 Å². The molecule has 5 heteroatoms. The molecule has 18 heavy (non-hydrogen) atoms. The molecular formula is C13H17NO3S. The molecule has 1 aliphatic carbocycles. The standard InChI is InChI=1S/C13H17NO3S/c1-8-4-6-18-12(8)9-7-10(9)13(17)14-5-2-3-11(15)16/h4,6,9-10H,2-3,5,7H2,1H3,(H,14,17)(H,15,16). The van der Waals surface area contributed by atoms with Crippen molar-refractivity contribution in [2.45, 2.75) is 32.1 Å². The molecule has 2 rings (SSSR count). The van der Waals surface area contributed by atoms with E-state index in [1.54, 1.807) is 11.3 Å². The minimum atomic E-state index is -0.817. The largest absolute Gasteiger partial charge is 0.481 e. The topological polar surface area (TPSA) is 66.4 Å². The fourth-order valence-electron chi connectivity index (χ4n) is 2.12. The Balaban J connectivity index is 1.73. The zero-order chi connectivity index (χ0) is 13.1. The lowest BCUT2D eigenvalue weighted by Gasteiger charge is -2.03. The smallest absolute Gasteiger partial charge is 0.303 e. The third-order valence-electron chi connectivity index (χ3n) is 3.23. The van der Waals surface area contributed by atoms with E-state index in [4.69, 9.17) is 5.11 Å². The monoisotopic (exact) mass is 267 g/mol. The molecule has 2 N–H and O–H groups in total. The van der Waals surface area contributed by atoms with Crippen LogP contribution in [0.4, 0.5) is 0 Å². The van der Waals surface area contributed by atoms with Crippen LogP contribution in [0.3, 0.4) is 0 Å². The van der Waals surface area contributed by atoms with Crippen molar-refractivity contribution in [3.63, 3.8) is 0 Å². The summed E-state index contributed by atoms with van der Waals surface area (Å²) in [6.07, 6.45) is 1.53. The fraction of sp³-hybridized carbons (Fsp3) is 0.538. The molecule has 1 heterocycles. The molecule has 2 atom stereocenters. The van der Waals surface area contributed by atoms with Crippen molar-refractivity contribution in [1.82, 2.24) is 5.32 Å². The molecule has 0 bridgehead atoms. The predicted octanol–water partition coefficient (Wildman–Crippen LogP) is 2.14. The Morgan fingerprint density at radius 2 is 2.33 bits per heavy atom. The van der Waals surface area contributed by atoms with Crippen LogP contribution in [0.2, 0.25) is 0 Å². The fourth-order valence-corrected chi connectivity index (χ4v) is 3.23. The van der Waals surface area contributed by atoms with Crippen molar-refractivity contribution in [2.24, 2.45) is 5.92 Å². The lowest BCUT2D eigenvalue weighted by Crippen LogP contribution is -2.26. The Morgan fingerprint density at radius 3 is 2.94 bits per heavy atom. The number of nitrogens with one attached hydrogen (secondary N) is 1. The third kappa shape index (κ3) is 3.10. The molecule has 98 valence electrons. The van der Waals surface area contributed by atoms with Crippen molar-refractivity contribution in [3.05, 3.63) is 21.9 Å². The zero-order valence-electron chi connectivity index (χ0n) is 10.3. The van der Waals surface area contributed by atoms with Crippen molar-refractivity contribution in [2.75, 3.05) is 6.54 Å². The van der Waals surface area contributed by atoms with E-state index in [0.717, 1.165) is 6.42 Å². The first-order valence-corrected chi connectivity index (χ1v) is 7.01. The zero-order valence-corrected chi connectivity index (χ0v) is 11.1. The highest BCUT2D eigenvalue weighted by Gasteiger charge is 2.44. The van der Waals surface area contributed by atoms with Gasteiger partial charge in [0.15, 0.2) is 0 Å². The van der Waals surface area contributed by atoms with Gasteiger partial charge in [-0.25, -0.2) is 0 Å². The van der Waals surface area contributed by atoms with Gasteiger partial charge in [0.05, 0.1) is 0 Å². The Hall–Kier alpha value is -1.36. The molecule has 4 nitrogen and oxygen atoms in total. The SMILES string of the molecule is Cc1ccsc1C1CC1C(=O)NCCCC(=O)O. The van der Waals surface area contributed by atoms with E-state index < -0.39 is 5.97 Å². The Bertz CT molecular complexity index is 455. The molecule has 0 saturated heterocycles. The predicted molar refractivity (Wildman–Crippen MR) is 69.8 cm³/mol. The minimum absolute atomic E-state index is 0.0678. The van der Waals surface area contributed by atoms with Crippen LogP contribution >= 0.6 is 11.3 Å². The summed E-state index contributed by atoms with van der Waals surface area (Å²) in [5, 5.41) is 13.4. The number of hydrogen-bond acceptors (Lipinski definition) is 3. The van der Waals surface area contributed by atoms with Gasteiger partial charge < -0.3 is 10.4 Å². The summed E-state index contributed by atoms with van der Waals surface area (Å²) in [4.78, 5) is 23.5. The second kappa shape index (κ2) is 5.52. The van der Waals surface area contributed by atoms with Gasteiger partial charge in [-0.2, -0.15) is 0 Å². The van der Waals surface area contributed by atoms with Gasteiger partial charge >= 0.3 is 5.97 Å². The second-order valence-electron chi connectivity index (χ2n) is 4.70. The highest BCUT2D eigenvalue weighted by atomic mass is 32.1. The molecule has 1 saturated carbocycles. The summed E-state index contributed by atoms with van der Waals surface area (Å²) < 4.78 is 0. The highest BCUT2D eigenvalue weighted by Crippen LogP contribution is 2.50. The van der Waals surface area contributed by atoms with Gasteiger partial charge in [0.1, 0.15) is 0 Å². The van der Waals surface area contributed by atoms with Crippen molar-refractivity contribution in [3.8, 4) is 0 Å². The number of amides is 1. The Labute approximate surface area is 110 Å². The van der Waals surface area contributed by atoms with Crippen LogP contribution < -0.4 is 5.32 Å². The minimum Gasteiger partial charge on any atom is -0.481 e. The van der Waals surface area contributed by atoms with Gasteiger partial charge in [-0.1, -0.05) is 0 Å². The van der Waals surface area contributed by atoms with Gasteiger partial charge in [0, 0.05) is 29.7 Å². The van der Waals surface area contributed by atoms with Crippen LogP contribution in [0, 0.1) is 12.8 Å². The normalized spacial score (nSPS) is 21.6. The first kappa shape index (κ1) is 13.1. The van der Waals surface area contributed by atoms with E-state index in [1.165, 1.54) is 10.4 Å². The number of carbonyl (C=O) groups is 2. The summed E-state index contributed by atoms with van der Waals surface area (Å²) in [5.74, 6) is -0.280. The second-order valence-corrected chi connectivity index (χ2v) is 5.65. The molecule has 1 fully saturated rings. The number of carboxylic acids is 1. The number of thiophene rings is 1. The molecule has 2 unspecified atom stereocenters. The van der Waals surface area contributed by atoms with E-state index in [9.17, 15) is 9.59 Å². The summed E-state index contributed by atoms with van der Waals surface area (Å²) in [5.41, 5.74) is 1.27. The number of hydrogen-bond donors (Lipinski definition) is 2. The average Bonchev–Trinajstić information content (AvgIpc) is 3.00. The molecule has 1 aromatic rings. The summed E-state index contributed by atoms with van der Waals surface area (Å²) in [6, 6.07) is 2.08. The third-order valence-corrected chi connectivity index (χ3v) is 4.38. The summed E-state index contributed by atoms with van der Waals surface area (Å²) >= 11 is 1.72. The quantitative estimate of drug-likeness (QED) is 0.776. The van der Waals surface area contributed by atoms with Gasteiger partial charge in [-0.05, 0) is 36.8 Å². The van der Waals surface area contributed by atoms with Gasteiger partial charge in [0.2, 0.25) is 5.91 Å². The number of carboxylic acid groups (broad SMARTS) is 1. The van der Waals surface area contributed by atoms with E-state index in [1.807, 2.05) is 0 Å². The molecular weight excluding hydrogens is 250 g/mol. The number of carbonyl (C=O) groups excluding carboxylic acids is 1. The van der Waals surface area contributed by atoms with Crippen LogP contribution in [0.25, 0.3) is 0 Å². The maximum absolute atomic E-state index is 11.8. The van der Waals surface area contributed by atoms with Gasteiger partial charge in [0.25, 0.3) is 0 Å². The molecule has 1 amide bonds. The molecule has 0 radical (unpaired) electrons. The summed E-state index contributed by atoms with van der Waals surface area (Å²) in [6.45, 7) is 2.53. The van der Waals surface area contributed by atoms with E-state index in [2.05, 4.69) is 23.7 Å². The van der Waals surface area contributed by atoms with E-state index in [-0.39, 0.29) is 18.2 Å². The van der Waals surface area contributed by atoms with Crippen LogP contribution in [-0.2, 0) is 9.59 Å². The van der Waals surface area contributed by atoms with Gasteiger partial charge in [-0.15, -0.1) is 11.3 Å². The highest BCUT2D eigenvalue weighted by molar-refractivity contribution is 7.10. The maximum Gasteiger partial charge on any atom is 0.303 e. The van der Waals surface area contributed by atoms with Crippen molar-refractivity contribution >= 4 is 23.2 Å². The van der Waals surface area contributed by atoms with Crippen LogP contribution in [0.1, 0.15) is 35.6 Å². The van der Waals surface area contributed by atoms with Crippen LogP contribution in [0.15, 0.2) is 11.4 Å². The first-order valence-electron chi connectivity index (χ1n) is 6.13. The van der Waals surface area contributed by atoms with Crippen LogP contribution in [0.5, 0.6) is 0 Å². The number of rotatable bonds is 6. The van der Waals surface area contributed by atoms with Crippen LogP contribution in [-0.4, -0.2) is 23.5 Å². The lowest BCUT2D eigenvalue weighted by molar-refractivity contribution is -0.137. The molecule has 0 aliphatic heterocycles. The molecule has 1 aliphatic rings. The molecule has 0 aromatic carbocycles. The Morgan fingerprint density at radius 1 is 1.56 bits per heavy atom. The Kier molecular flexibility index (Phi) is 4.01. The van der Waals surface area contributed by atoms with E-state index in [0.29, 0.717) is 18.9 Å². The van der Waals surface area contributed by atoms with Crippen molar-refractivity contribution in [1.29, 1.82) is 0 Å². The number of aryl methyl sites for hydroxylation is 1. The maximum atomic E-state index is 11.8. The average molecular weight is 267 g/mol. The molecule has 1 aromatic heterocycles. The van der Waals surface area contributed by atoms with Gasteiger partial charge in [-0.3, -0.25) is 9.59 Å². The van der Waals surface area contributed by atoms with E-state index >= 15 is 0 Å². The molecule has 0 spiro atoms.